The lowest BCUT2D eigenvalue weighted by atomic mass is 10.1. The standard InChI is InChI=1S/C24H26N4O2/c1-3-30-23(29)9-5-17-4-8-21(26-15-17)19-12-16(2)13-20(14-19)27-24-25-11-10-22(28-24)18-6-7-18/h4,8,10-15,18H,3,5-7,9H2,1-2H3,(H,25,27,28). The summed E-state index contributed by atoms with van der Waals surface area (Å²) in [6, 6.07) is 12.2. The van der Waals surface area contributed by atoms with Gasteiger partial charge in [0, 0.05) is 41.7 Å². The minimum absolute atomic E-state index is 0.177. The number of hydrogen-bond donors (Lipinski definition) is 1. The molecule has 4 rings (SSSR count). The van der Waals surface area contributed by atoms with Crippen LogP contribution >= 0.6 is 0 Å². The van der Waals surface area contributed by atoms with Gasteiger partial charge in [0.1, 0.15) is 0 Å². The normalized spacial score (nSPS) is 13.1. The molecule has 30 heavy (non-hydrogen) atoms. The zero-order valence-corrected chi connectivity index (χ0v) is 17.4. The van der Waals surface area contributed by atoms with Gasteiger partial charge in [-0.25, -0.2) is 9.97 Å². The molecule has 3 aromatic rings. The Hall–Kier alpha value is -3.28. The Morgan fingerprint density at radius 3 is 2.77 bits per heavy atom. The quantitative estimate of drug-likeness (QED) is 0.537. The predicted molar refractivity (Wildman–Crippen MR) is 117 cm³/mol. The van der Waals surface area contributed by atoms with E-state index in [0.717, 1.165) is 33.8 Å². The molecule has 0 bridgehead atoms. The molecular formula is C24H26N4O2. The average Bonchev–Trinajstić information content (AvgIpc) is 3.58. The molecule has 0 aliphatic heterocycles. The van der Waals surface area contributed by atoms with E-state index in [0.29, 0.717) is 31.3 Å². The molecule has 6 heteroatoms. The number of carbonyl (C=O) groups excluding carboxylic acids is 1. The predicted octanol–water partition coefficient (Wildman–Crippen LogP) is 4.96. The summed E-state index contributed by atoms with van der Waals surface area (Å²) in [5.41, 5.74) is 6.10. The number of aryl methyl sites for hydroxylation is 2. The van der Waals surface area contributed by atoms with E-state index in [9.17, 15) is 4.79 Å². The van der Waals surface area contributed by atoms with Gasteiger partial charge in [-0.05, 0) is 74.6 Å². The average molecular weight is 402 g/mol. The van der Waals surface area contributed by atoms with Gasteiger partial charge in [0.05, 0.1) is 12.3 Å². The van der Waals surface area contributed by atoms with E-state index in [1.54, 1.807) is 0 Å². The van der Waals surface area contributed by atoms with E-state index < -0.39 is 0 Å². The number of pyridine rings is 1. The Balaban J connectivity index is 1.47. The molecule has 1 saturated carbocycles. The molecule has 1 aliphatic carbocycles. The number of hydrogen-bond acceptors (Lipinski definition) is 6. The van der Waals surface area contributed by atoms with Crippen molar-refractivity contribution in [3.8, 4) is 11.3 Å². The Kier molecular flexibility index (Phi) is 6.02. The van der Waals surface area contributed by atoms with Crippen LogP contribution in [-0.4, -0.2) is 27.5 Å². The molecule has 6 nitrogen and oxygen atoms in total. The number of ether oxygens (including phenoxy) is 1. The molecule has 0 radical (unpaired) electrons. The first-order valence-corrected chi connectivity index (χ1v) is 10.4. The Bertz CT molecular complexity index is 1030. The van der Waals surface area contributed by atoms with Crippen molar-refractivity contribution in [2.24, 2.45) is 0 Å². The van der Waals surface area contributed by atoms with Crippen LogP contribution in [0.15, 0.2) is 48.8 Å². The van der Waals surface area contributed by atoms with Crippen LogP contribution in [0.5, 0.6) is 0 Å². The van der Waals surface area contributed by atoms with E-state index in [4.69, 9.17) is 4.74 Å². The van der Waals surface area contributed by atoms with E-state index in [1.807, 2.05) is 37.5 Å². The third kappa shape index (κ3) is 5.20. The summed E-state index contributed by atoms with van der Waals surface area (Å²) in [5.74, 6) is 1.04. The highest BCUT2D eigenvalue weighted by Crippen LogP contribution is 2.39. The van der Waals surface area contributed by atoms with Crippen molar-refractivity contribution in [2.75, 3.05) is 11.9 Å². The van der Waals surface area contributed by atoms with Crippen molar-refractivity contribution in [1.82, 2.24) is 15.0 Å². The van der Waals surface area contributed by atoms with Crippen molar-refractivity contribution in [2.45, 2.75) is 45.4 Å². The van der Waals surface area contributed by atoms with Crippen molar-refractivity contribution in [1.29, 1.82) is 0 Å². The first kappa shape index (κ1) is 20.0. The minimum atomic E-state index is -0.177. The van der Waals surface area contributed by atoms with E-state index in [2.05, 4.69) is 45.4 Å². The SMILES string of the molecule is CCOC(=O)CCc1ccc(-c2cc(C)cc(Nc3nccc(C4CC4)n3)c2)nc1. The summed E-state index contributed by atoms with van der Waals surface area (Å²) in [6.45, 7) is 4.29. The van der Waals surface area contributed by atoms with Crippen molar-refractivity contribution >= 4 is 17.6 Å². The highest BCUT2D eigenvalue weighted by atomic mass is 16.5. The van der Waals surface area contributed by atoms with Gasteiger partial charge in [-0.15, -0.1) is 0 Å². The van der Waals surface area contributed by atoms with Gasteiger partial charge in [0.2, 0.25) is 5.95 Å². The van der Waals surface area contributed by atoms with E-state index in [1.165, 1.54) is 12.8 Å². The summed E-state index contributed by atoms with van der Waals surface area (Å²) in [5, 5.41) is 3.33. The number of esters is 1. The zero-order chi connectivity index (χ0) is 20.9. The van der Waals surface area contributed by atoms with Gasteiger partial charge in [0.15, 0.2) is 0 Å². The van der Waals surface area contributed by atoms with Gasteiger partial charge < -0.3 is 10.1 Å². The summed E-state index contributed by atoms with van der Waals surface area (Å²) in [4.78, 5) is 25.1. The largest absolute Gasteiger partial charge is 0.466 e. The molecule has 1 aromatic carbocycles. The van der Waals surface area contributed by atoms with Crippen LogP contribution in [0.2, 0.25) is 0 Å². The fourth-order valence-electron chi connectivity index (χ4n) is 3.39. The minimum Gasteiger partial charge on any atom is -0.466 e. The number of anilines is 2. The topological polar surface area (TPSA) is 77.0 Å². The fourth-order valence-corrected chi connectivity index (χ4v) is 3.39. The second-order valence-electron chi connectivity index (χ2n) is 7.65. The van der Waals surface area contributed by atoms with Crippen LogP contribution in [0.3, 0.4) is 0 Å². The number of nitrogens with zero attached hydrogens (tertiary/aromatic N) is 3. The van der Waals surface area contributed by atoms with Crippen LogP contribution in [0, 0.1) is 6.92 Å². The Morgan fingerprint density at radius 2 is 2.03 bits per heavy atom. The molecule has 1 N–H and O–H groups in total. The first-order valence-electron chi connectivity index (χ1n) is 10.4. The van der Waals surface area contributed by atoms with Crippen LogP contribution in [-0.2, 0) is 16.0 Å². The number of carbonyl (C=O) groups is 1. The lowest BCUT2D eigenvalue weighted by molar-refractivity contribution is -0.143. The van der Waals surface area contributed by atoms with Crippen LogP contribution < -0.4 is 5.32 Å². The lowest BCUT2D eigenvalue weighted by Crippen LogP contribution is -2.05. The molecule has 0 spiro atoms. The molecular weight excluding hydrogens is 376 g/mol. The molecule has 154 valence electrons. The molecule has 2 heterocycles. The maximum absolute atomic E-state index is 11.5. The van der Waals surface area contributed by atoms with Gasteiger partial charge in [-0.2, -0.15) is 0 Å². The number of nitrogens with one attached hydrogen (secondary N) is 1. The van der Waals surface area contributed by atoms with Crippen molar-refractivity contribution in [3.63, 3.8) is 0 Å². The van der Waals surface area contributed by atoms with Crippen LogP contribution in [0.1, 0.15) is 48.9 Å². The maximum atomic E-state index is 11.5. The van der Waals surface area contributed by atoms with Gasteiger partial charge in [0.25, 0.3) is 0 Å². The van der Waals surface area contributed by atoms with E-state index in [-0.39, 0.29) is 5.97 Å². The molecule has 1 aliphatic rings. The van der Waals surface area contributed by atoms with Crippen LogP contribution in [0.25, 0.3) is 11.3 Å². The van der Waals surface area contributed by atoms with Crippen molar-refractivity contribution in [3.05, 3.63) is 65.6 Å². The molecule has 0 amide bonds. The summed E-state index contributed by atoms with van der Waals surface area (Å²) in [6.07, 6.45) is 7.07. The third-order valence-corrected chi connectivity index (χ3v) is 5.05. The molecule has 2 aromatic heterocycles. The number of benzene rings is 1. The molecule has 1 fully saturated rings. The first-order chi connectivity index (χ1) is 14.6. The highest BCUT2D eigenvalue weighted by Gasteiger charge is 2.25. The van der Waals surface area contributed by atoms with Gasteiger partial charge in [-0.3, -0.25) is 9.78 Å². The number of rotatable bonds is 8. The zero-order valence-electron chi connectivity index (χ0n) is 17.4. The highest BCUT2D eigenvalue weighted by molar-refractivity contribution is 5.70. The monoisotopic (exact) mass is 402 g/mol. The fraction of sp³-hybridized carbons (Fsp3) is 0.333. The van der Waals surface area contributed by atoms with Gasteiger partial charge >= 0.3 is 5.97 Å². The number of aromatic nitrogens is 3. The van der Waals surface area contributed by atoms with Crippen molar-refractivity contribution < 1.29 is 9.53 Å². The second-order valence-corrected chi connectivity index (χ2v) is 7.65. The maximum Gasteiger partial charge on any atom is 0.306 e. The lowest BCUT2D eigenvalue weighted by Gasteiger charge is -2.10. The third-order valence-electron chi connectivity index (χ3n) is 5.05. The van der Waals surface area contributed by atoms with E-state index >= 15 is 0 Å². The molecule has 0 saturated heterocycles. The van der Waals surface area contributed by atoms with Gasteiger partial charge in [-0.1, -0.05) is 6.07 Å². The Labute approximate surface area is 176 Å². The summed E-state index contributed by atoms with van der Waals surface area (Å²) >= 11 is 0. The van der Waals surface area contributed by atoms with Crippen LogP contribution in [0.4, 0.5) is 11.6 Å². The Morgan fingerprint density at radius 1 is 1.17 bits per heavy atom. The smallest absolute Gasteiger partial charge is 0.306 e. The summed E-state index contributed by atoms with van der Waals surface area (Å²) < 4.78 is 4.98. The molecule has 0 atom stereocenters. The molecule has 0 unspecified atom stereocenters. The summed E-state index contributed by atoms with van der Waals surface area (Å²) in [7, 11) is 0. The second kappa shape index (κ2) is 9.03.